The van der Waals surface area contributed by atoms with Crippen LogP contribution >= 0.6 is 28.7 Å². The summed E-state index contributed by atoms with van der Waals surface area (Å²) in [5, 5.41) is 7.92. The first-order chi connectivity index (χ1) is 20.0. The van der Waals surface area contributed by atoms with Crippen molar-refractivity contribution >= 4 is 51.9 Å². The quantitative estimate of drug-likeness (QED) is 0.116. The molecule has 1 aliphatic rings. The van der Waals surface area contributed by atoms with Gasteiger partial charge >= 0.3 is 6.03 Å². The number of hydrogen-bond acceptors (Lipinski definition) is 5. The third-order valence-electron chi connectivity index (χ3n) is 7.41. The van der Waals surface area contributed by atoms with Crippen molar-refractivity contribution in [3.8, 4) is 5.75 Å². The Kier molecular flexibility index (Phi) is 17.4. The Labute approximate surface area is 268 Å². The van der Waals surface area contributed by atoms with Crippen LogP contribution in [-0.4, -0.2) is 29.2 Å². The highest BCUT2D eigenvalue weighted by Crippen LogP contribution is 2.26. The molecule has 0 saturated carbocycles. The number of nitrogens with one attached hydrogen (secondary N) is 2. The summed E-state index contributed by atoms with van der Waals surface area (Å²) in [4.78, 5) is 27.3. The second-order valence-corrected chi connectivity index (χ2v) is 11.9. The SMILES string of the molecule is Br.CCCCCCCCCCCCCCOc1ccc(NC(=O)Nc2cccc(CN3CSC=C3C)c2)cc1C(C)=O. The Bertz CT molecular complexity index is 1140. The number of carbonyl (C=O) groups excluding carboxylic acids is 2. The molecule has 0 aliphatic carbocycles. The van der Waals surface area contributed by atoms with Crippen molar-refractivity contribution in [3.05, 3.63) is 64.7 Å². The molecule has 232 valence electrons. The summed E-state index contributed by atoms with van der Waals surface area (Å²) in [5.41, 5.74) is 4.15. The third-order valence-corrected chi connectivity index (χ3v) is 8.38. The maximum atomic E-state index is 12.7. The van der Waals surface area contributed by atoms with Crippen molar-refractivity contribution in [1.82, 2.24) is 4.90 Å². The van der Waals surface area contributed by atoms with Crippen LogP contribution < -0.4 is 15.4 Å². The highest BCUT2D eigenvalue weighted by atomic mass is 79.9. The number of halogens is 1. The van der Waals surface area contributed by atoms with Gasteiger partial charge in [-0.1, -0.05) is 89.7 Å². The van der Waals surface area contributed by atoms with E-state index in [1.54, 1.807) is 30.0 Å². The van der Waals surface area contributed by atoms with Gasteiger partial charge in [-0.2, -0.15) is 0 Å². The number of hydrogen-bond donors (Lipinski definition) is 2. The topological polar surface area (TPSA) is 70.7 Å². The molecule has 0 atom stereocenters. The summed E-state index contributed by atoms with van der Waals surface area (Å²) in [6.45, 7) is 7.29. The van der Waals surface area contributed by atoms with E-state index in [1.165, 1.54) is 76.8 Å². The number of ether oxygens (including phenoxy) is 1. The largest absolute Gasteiger partial charge is 0.493 e. The second-order valence-electron chi connectivity index (χ2n) is 11.0. The van der Waals surface area contributed by atoms with E-state index >= 15 is 0 Å². The molecule has 6 nitrogen and oxygen atoms in total. The Morgan fingerprint density at radius 1 is 0.857 bits per heavy atom. The molecule has 0 saturated heterocycles. The summed E-state index contributed by atoms with van der Waals surface area (Å²) >= 11 is 1.79. The zero-order chi connectivity index (χ0) is 29.3. The molecule has 1 heterocycles. The van der Waals surface area contributed by atoms with Gasteiger partial charge in [0.25, 0.3) is 0 Å². The number of thioether (sulfide) groups is 1. The Balaban J connectivity index is 0.00000616. The summed E-state index contributed by atoms with van der Waals surface area (Å²) in [5.74, 6) is 1.43. The van der Waals surface area contributed by atoms with E-state index in [4.69, 9.17) is 4.74 Å². The molecule has 2 aromatic rings. The average Bonchev–Trinajstić information content (AvgIpc) is 3.35. The zero-order valence-electron chi connectivity index (χ0n) is 25.7. The highest BCUT2D eigenvalue weighted by molar-refractivity contribution is 8.93. The minimum atomic E-state index is -0.352. The Morgan fingerprint density at radius 3 is 2.07 bits per heavy atom. The summed E-state index contributed by atoms with van der Waals surface area (Å²) in [6.07, 6.45) is 15.5. The van der Waals surface area contributed by atoms with E-state index in [2.05, 4.69) is 40.9 Å². The molecule has 1 aliphatic heterocycles. The van der Waals surface area contributed by atoms with Crippen LogP contribution in [0, 0.1) is 0 Å². The van der Waals surface area contributed by atoms with Gasteiger partial charge in [-0.15, -0.1) is 28.7 Å². The number of anilines is 2. The fourth-order valence-electron chi connectivity index (χ4n) is 4.99. The number of nitrogens with zero attached hydrogens (tertiary/aromatic N) is 1. The third kappa shape index (κ3) is 13.2. The summed E-state index contributed by atoms with van der Waals surface area (Å²) < 4.78 is 5.96. The van der Waals surface area contributed by atoms with Gasteiger partial charge in [0.15, 0.2) is 5.78 Å². The fraction of sp³-hybridized carbons (Fsp3) is 0.529. The molecule has 0 aromatic heterocycles. The number of benzene rings is 2. The smallest absolute Gasteiger partial charge is 0.323 e. The molecule has 2 aromatic carbocycles. The van der Waals surface area contributed by atoms with Crippen molar-refractivity contribution < 1.29 is 14.3 Å². The van der Waals surface area contributed by atoms with E-state index in [0.29, 0.717) is 23.6 Å². The van der Waals surface area contributed by atoms with Crippen molar-refractivity contribution in [3.63, 3.8) is 0 Å². The van der Waals surface area contributed by atoms with Gasteiger partial charge in [-0.05, 0) is 61.6 Å². The van der Waals surface area contributed by atoms with Crippen molar-refractivity contribution in [2.45, 2.75) is 104 Å². The Hall–Kier alpha value is -2.45. The van der Waals surface area contributed by atoms with Crippen molar-refractivity contribution in [2.24, 2.45) is 0 Å². The van der Waals surface area contributed by atoms with Gasteiger partial charge in [0.2, 0.25) is 0 Å². The first-order valence-corrected chi connectivity index (χ1v) is 16.5. The van der Waals surface area contributed by atoms with Crippen LogP contribution in [0.3, 0.4) is 0 Å². The lowest BCUT2D eigenvalue weighted by molar-refractivity contribution is 0.101. The van der Waals surface area contributed by atoms with Gasteiger partial charge < -0.3 is 20.3 Å². The van der Waals surface area contributed by atoms with Crippen LogP contribution in [0.5, 0.6) is 5.75 Å². The lowest BCUT2D eigenvalue weighted by Crippen LogP contribution is -2.20. The number of Topliss-reactive ketones (excluding diaryl/α,β-unsaturated/α-hetero) is 1. The lowest BCUT2D eigenvalue weighted by atomic mass is 10.1. The minimum absolute atomic E-state index is 0. The predicted molar refractivity (Wildman–Crippen MR) is 184 cm³/mol. The first-order valence-electron chi connectivity index (χ1n) is 15.4. The molecule has 3 rings (SSSR count). The first kappa shape index (κ1) is 35.7. The van der Waals surface area contributed by atoms with E-state index in [9.17, 15) is 9.59 Å². The molecule has 2 N–H and O–H groups in total. The van der Waals surface area contributed by atoms with Gasteiger partial charge in [-0.3, -0.25) is 4.79 Å². The van der Waals surface area contributed by atoms with Crippen LogP contribution in [0.1, 0.15) is 114 Å². The normalized spacial score (nSPS) is 12.5. The van der Waals surface area contributed by atoms with E-state index in [1.807, 2.05) is 18.2 Å². The van der Waals surface area contributed by atoms with Gasteiger partial charge in [0.05, 0.1) is 18.0 Å². The van der Waals surface area contributed by atoms with Gasteiger partial charge in [0.1, 0.15) is 5.75 Å². The van der Waals surface area contributed by atoms with Crippen LogP contribution in [-0.2, 0) is 6.54 Å². The van der Waals surface area contributed by atoms with Crippen LogP contribution in [0.2, 0.25) is 0 Å². The number of carbonyl (C=O) groups is 2. The van der Waals surface area contributed by atoms with Crippen molar-refractivity contribution in [2.75, 3.05) is 23.1 Å². The van der Waals surface area contributed by atoms with Crippen LogP contribution in [0.25, 0.3) is 0 Å². The number of ketones is 1. The van der Waals surface area contributed by atoms with Crippen molar-refractivity contribution in [1.29, 1.82) is 0 Å². The lowest BCUT2D eigenvalue weighted by Gasteiger charge is -2.19. The van der Waals surface area contributed by atoms with E-state index in [0.717, 1.165) is 36.5 Å². The molecule has 0 spiro atoms. The maximum Gasteiger partial charge on any atom is 0.323 e. The van der Waals surface area contributed by atoms with Gasteiger partial charge in [0, 0.05) is 23.6 Å². The summed E-state index contributed by atoms with van der Waals surface area (Å²) in [6, 6.07) is 12.8. The minimum Gasteiger partial charge on any atom is -0.493 e. The van der Waals surface area contributed by atoms with Crippen LogP contribution in [0.15, 0.2) is 53.6 Å². The van der Waals surface area contributed by atoms with Crippen LogP contribution in [0.4, 0.5) is 16.2 Å². The molecule has 2 amide bonds. The molecule has 0 unspecified atom stereocenters. The number of rotatable bonds is 19. The predicted octanol–water partition coefficient (Wildman–Crippen LogP) is 10.6. The van der Waals surface area contributed by atoms with Gasteiger partial charge in [-0.25, -0.2) is 4.79 Å². The molecule has 0 radical (unpaired) electrons. The highest BCUT2D eigenvalue weighted by Gasteiger charge is 2.14. The standard InChI is InChI=1S/C34H49N3O3S.BrH/c1-4-5-6-7-8-9-10-11-12-13-14-15-21-40-33-20-19-31(23-32(33)28(3)38)36-34(39)35-30-18-16-17-29(22-30)24-37-26-41-25-27(37)2;/h16-20,22-23,25H,4-15,21,24,26H2,1-3H3,(H2,35,36,39);1H. The zero-order valence-corrected chi connectivity index (χ0v) is 28.2. The van der Waals surface area contributed by atoms with E-state index < -0.39 is 0 Å². The number of unbranched alkanes of at least 4 members (excludes halogenated alkanes) is 11. The van der Waals surface area contributed by atoms with E-state index in [-0.39, 0.29) is 28.8 Å². The molecule has 0 fully saturated rings. The number of urea groups is 1. The molecule has 42 heavy (non-hydrogen) atoms. The molecular weight excluding hydrogens is 610 g/mol. The molecular formula is C34H50BrN3O3S. The summed E-state index contributed by atoms with van der Waals surface area (Å²) in [7, 11) is 0. The fourth-order valence-corrected chi connectivity index (χ4v) is 5.93. The monoisotopic (exact) mass is 659 g/mol. The molecule has 0 bridgehead atoms. The average molecular weight is 661 g/mol. The second kappa shape index (κ2) is 20.5. The maximum absolute atomic E-state index is 12.7. The number of allylic oxidation sites excluding steroid dienone is 1. The number of amides is 2. The molecule has 8 heteroatoms. The Morgan fingerprint density at radius 2 is 1.48 bits per heavy atom.